The number of aliphatic imine (C=N–C) groups is 1. The van der Waals surface area contributed by atoms with Crippen molar-refractivity contribution in [3.8, 4) is 33.8 Å². The van der Waals surface area contributed by atoms with Gasteiger partial charge in [0.05, 0.1) is 26.1 Å². The molecule has 1 aromatic heterocycles. The molecule has 2 aromatic carbocycles. The highest BCUT2D eigenvalue weighted by Gasteiger charge is 2.12. The first-order chi connectivity index (χ1) is 16.0. The number of methoxy groups -OCH3 is 2. The molecule has 0 saturated heterocycles. The summed E-state index contributed by atoms with van der Waals surface area (Å²) in [5.41, 5.74) is 9.66. The molecule has 0 atom stereocenters. The molecule has 33 heavy (non-hydrogen) atoms. The van der Waals surface area contributed by atoms with Crippen LogP contribution in [0.25, 0.3) is 22.3 Å². The van der Waals surface area contributed by atoms with Crippen molar-refractivity contribution in [1.82, 2.24) is 4.98 Å². The number of hydrogen-bond acceptors (Lipinski definition) is 7. The summed E-state index contributed by atoms with van der Waals surface area (Å²) in [7, 11) is 3.15. The zero-order valence-electron chi connectivity index (χ0n) is 18.0. The molecule has 9 nitrogen and oxygen atoms in total. The van der Waals surface area contributed by atoms with Gasteiger partial charge in [0.25, 0.3) is 5.91 Å². The molecule has 4 N–H and O–H groups in total. The Labute approximate surface area is 190 Å². The van der Waals surface area contributed by atoms with Gasteiger partial charge in [0.2, 0.25) is 6.41 Å². The molecule has 2 amide bonds. The van der Waals surface area contributed by atoms with Gasteiger partial charge in [-0.05, 0) is 41.5 Å². The van der Waals surface area contributed by atoms with Crippen molar-refractivity contribution in [3.05, 3.63) is 66.6 Å². The van der Waals surface area contributed by atoms with Crippen LogP contribution >= 0.6 is 0 Å². The van der Waals surface area contributed by atoms with Gasteiger partial charge in [-0.15, -0.1) is 0 Å². The maximum atomic E-state index is 12.2. The highest BCUT2D eigenvalue weighted by Crippen LogP contribution is 2.35. The standard InChI is InChI=1S/C24H22N4O5/c1-32-21-8-5-16(10-22(21)33-2)17-9-20(23(25)27-12-17)15-3-6-19(7-4-15)28-24(31)18(13-29)11-26-14-30/h3-14,29H,1-2H3,(H2,25,27)(H,28,31). The number of aliphatic hydroxyl groups is 1. The number of benzene rings is 2. The number of carbonyl (C=O) groups excluding carboxylic acids is 2. The predicted molar refractivity (Wildman–Crippen MR) is 127 cm³/mol. The molecule has 1 heterocycles. The van der Waals surface area contributed by atoms with Crippen molar-refractivity contribution in [2.24, 2.45) is 4.99 Å². The van der Waals surface area contributed by atoms with Gasteiger partial charge in [0.1, 0.15) is 5.82 Å². The van der Waals surface area contributed by atoms with Crippen LogP contribution in [-0.4, -0.2) is 42.8 Å². The third-order valence-corrected chi connectivity index (χ3v) is 4.76. The van der Waals surface area contributed by atoms with Crippen LogP contribution in [0.2, 0.25) is 0 Å². The lowest BCUT2D eigenvalue weighted by Crippen LogP contribution is -2.15. The molecule has 0 fully saturated rings. The molecule has 0 aliphatic rings. The number of amides is 2. The van der Waals surface area contributed by atoms with Crippen molar-refractivity contribution in [3.63, 3.8) is 0 Å². The molecule has 3 rings (SSSR count). The van der Waals surface area contributed by atoms with Crippen LogP contribution in [0.4, 0.5) is 11.5 Å². The Morgan fingerprint density at radius 2 is 1.73 bits per heavy atom. The Hall–Kier alpha value is -4.66. The van der Waals surface area contributed by atoms with E-state index in [1.165, 1.54) is 0 Å². The van der Waals surface area contributed by atoms with Crippen LogP contribution < -0.4 is 20.5 Å². The first-order valence-corrected chi connectivity index (χ1v) is 9.71. The molecule has 0 unspecified atom stereocenters. The number of nitrogens with zero attached hydrogens (tertiary/aromatic N) is 2. The summed E-state index contributed by atoms with van der Waals surface area (Å²) in [5, 5.41) is 11.7. The molecular weight excluding hydrogens is 424 g/mol. The Balaban J connectivity index is 1.86. The van der Waals surface area contributed by atoms with E-state index in [9.17, 15) is 9.59 Å². The van der Waals surface area contributed by atoms with Crippen LogP contribution in [0.5, 0.6) is 11.5 Å². The van der Waals surface area contributed by atoms with E-state index >= 15 is 0 Å². The zero-order valence-corrected chi connectivity index (χ0v) is 18.0. The van der Waals surface area contributed by atoms with Gasteiger partial charge in [-0.2, -0.15) is 0 Å². The minimum atomic E-state index is -0.618. The Kier molecular flexibility index (Phi) is 7.38. The van der Waals surface area contributed by atoms with Crippen molar-refractivity contribution >= 4 is 30.0 Å². The first-order valence-electron chi connectivity index (χ1n) is 9.71. The van der Waals surface area contributed by atoms with Crippen LogP contribution in [0.3, 0.4) is 0 Å². The maximum absolute atomic E-state index is 12.2. The predicted octanol–water partition coefficient (Wildman–Crippen LogP) is 3.62. The number of anilines is 2. The average molecular weight is 446 g/mol. The van der Waals surface area contributed by atoms with E-state index in [0.717, 1.165) is 22.9 Å². The summed E-state index contributed by atoms with van der Waals surface area (Å²) >= 11 is 0. The van der Waals surface area contributed by atoms with Crippen LogP contribution in [-0.2, 0) is 9.59 Å². The summed E-state index contributed by atoms with van der Waals surface area (Å²) in [6.45, 7) is 0. The lowest BCUT2D eigenvalue weighted by molar-refractivity contribution is -0.112. The molecule has 0 radical (unpaired) electrons. The van der Waals surface area contributed by atoms with Gasteiger partial charge >= 0.3 is 0 Å². The van der Waals surface area contributed by atoms with Gasteiger partial charge in [-0.25, -0.2) is 9.98 Å². The quantitative estimate of drug-likeness (QED) is 0.208. The highest BCUT2D eigenvalue weighted by atomic mass is 16.5. The number of pyridine rings is 1. The van der Waals surface area contributed by atoms with E-state index in [1.54, 1.807) is 44.7 Å². The second kappa shape index (κ2) is 10.6. The molecule has 0 bridgehead atoms. The van der Waals surface area contributed by atoms with Crippen molar-refractivity contribution in [1.29, 1.82) is 0 Å². The number of aliphatic hydroxyl groups excluding tert-OH is 1. The first kappa shape index (κ1) is 23.0. The summed E-state index contributed by atoms with van der Waals surface area (Å²) in [6, 6.07) is 14.4. The van der Waals surface area contributed by atoms with E-state index in [2.05, 4.69) is 15.3 Å². The minimum Gasteiger partial charge on any atom is -0.515 e. The van der Waals surface area contributed by atoms with Crippen molar-refractivity contribution < 1.29 is 24.2 Å². The molecule has 0 aliphatic carbocycles. The summed E-state index contributed by atoms with van der Waals surface area (Å²) in [6.07, 6.45) is 3.48. The number of nitrogen functional groups attached to an aromatic ring is 1. The number of nitrogens with two attached hydrogens (primary N) is 1. The highest BCUT2D eigenvalue weighted by molar-refractivity contribution is 6.18. The third kappa shape index (κ3) is 5.34. The number of hydrogen-bond donors (Lipinski definition) is 3. The molecule has 0 spiro atoms. The van der Waals surface area contributed by atoms with Gasteiger partial charge in [-0.1, -0.05) is 18.2 Å². The van der Waals surface area contributed by atoms with E-state index in [1.807, 2.05) is 24.3 Å². The van der Waals surface area contributed by atoms with Gasteiger partial charge in [0.15, 0.2) is 11.5 Å². The second-order valence-electron chi connectivity index (χ2n) is 6.73. The third-order valence-electron chi connectivity index (χ3n) is 4.76. The molecule has 9 heteroatoms. The van der Waals surface area contributed by atoms with E-state index in [4.69, 9.17) is 20.3 Å². The van der Waals surface area contributed by atoms with Gasteiger partial charge < -0.3 is 25.6 Å². The van der Waals surface area contributed by atoms with Crippen LogP contribution in [0, 0.1) is 0 Å². The average Bonchev–Trinajstić information content (AvgIpc) is 2.85. The normalized spacial score (nSPS) is 11.3. The topological polar surface area (TPSA) is 136 Å². The van der Waals surface area contributed by atoms with Crippen molar-refractivity contribution in [2.75, 3.05) is 25.3 Å². The van der Waals surface area contributed by atoms with Crippen molar-refractivity contribution in [2.45, 2.75) is 0 Å². The summed E-state index contributed by atoms with van der Waals surface area (Å²) in [5.74, 6) is 0.959. The number of nitrogens with one attached hydrogen (secondary N) is 1. The van der Waals surface area contributed by atoms with E-state index in [-0.39, 0.29) is 12.0 Å². The fourth-order valence-electron chi connectivity index (χ4n) is 3.08. The maximum Gasteiger partial charge on any atom is 0.260 e. The lowest BCUT2D eigenvalue weighted by atomic mass is 10.0. The molecule has 3 aromatic rings. The fourth-order valence-corrected chi connectivity index (χ4v) is 3.08. The van der Waals surface area contributed by atoms with Gasteiger partial charge in [0, 0.05) is 29.2 Å². The summed E-state index contributed by atoms with van der Waals surface area (Å²) in [4.78, 5) is 30.1. The molecule has 0 saturated carbocycles. The lowest BCUT2D eigenvalue weighted by Gasteiger charge is -2.12. The smallest absolute Gasteiger partial charge is 0.260 e. The largest absolute Gasteiger partial charge is 0.515 e. The fraction of sp³-hybridized carbons (Fsp3) is 0.0833. The monoisotopic (exact) mass is 446 g/mol. The number of rotatable bonds is 8. The van der Waals surface area contributed by atoms with Crippen LogP contribution in [0.15, 0.2) is 71.6 Å². The van der Waals surface area contributed by atoms with E-state index in [0.29, 0.717) is 34.8 Å². The molecule has 168 valence electrons. The zero-order chi connectivity index (χ0) is 23.8. The Morgan fingerprint density at radius 1 is 1.03 bits per heavy atom. The minimum absolute atomic E-state index is 0.165. The molecular formula is C24H22N4O5. The number of ether oxygens (including phenoxy) is 2. The Bertz CT molecular complexity index is 1220. The number of aromatic nitrogens is 1. The number of carbonyl (C=O) groups is 2. The van der Waals surface area contributed by atoms with Gasteiger partial charge in [-0.3, -0.25) is 9.59 Å². The summed E-state index contributed by atoms with van der Waals surface area (Å²) < 4.78 is 10.7. The SMILES string of the molecule is COc1ccc(-c2cnc(N)c(-c3ccc(NC(=O)C(C=NC=O)=CO)cc3)c2)cc1OC. The van der Waals surface area contributed by atoms with E-state index < -0.39 is 5.91 Å². The second-order valence-corrected chi connectivity index (χ2v) is 6.73. The van der Waals surface area contributed by atoms with Crippen LogP contribution in [0.1, 0.15) is 0 Å². The Morgan fingerprint density at radius 3 is 2.36 bits per heavy atom. The molecule has 0 aliphatic heterocycles.